The van der Waals surface area contributed by atoms with E-state index < -0.39 is 5.91 Å². The van der Waals surface area contributed by atoms with Gasteiger partial charge in [-0.25, -0.2) is 0 Å². The van der Waals surface area contributed by atoms with Gasteiger partial charge in [0.25, 0.3) is 5.91 Å². The molecule has 0 radical (unpaired) electrons. The molecule has 0 aliphatic rings. The van der Waals surface area contributed by atoms with E-state index in [0.29, 0.717) is 19.6 Å². The van der Waals surface area contributed by atoms with E-state index in [-0.39, 0.29) is 26.4 Å². The van der Waals surface area contributed by atoms with Crippen molar-refractivity contribution in [1.82, 2.24) is 5.32 Å². The minimum Gasteiger partial charge on any atom is -0.505 e. The highest BCUT2D eigenvalue weighted by molar-refractivity contribution is 6.45. The Labute approximate surface area is 148 Å². The summed E-state index contributed by atoms with van der Waals surface area (Å²) in [6, 6.07) is 10.6. The Balaban J connectivity index is 1.86. The van der Waals surface area contributed by atoms with Crippen LogP contribution in [0.3, 0.4) is 0 Å². The molecule has 23 heavy (non-hydrogen) atoms. The van der Waals surface area contributed by atoms with Gasteiger partial charge in [-0.05, 0) is 24.6 Å². The van der Waals surface area contributed by atoms with Crippen LogP contribution in [-0.4, -0.2) is 24.2 Å². The second-order valence-corrected chi connectivity index (χ2v) is 5.84. The highest BCUT2D eigenvalue weighted by atomic mass is 35.5. The van der Waals surface area contributed by atoms with E-state index in [0.717, 1.165) is 5.75 Å². The van der Waals surface area contributed by atoms with E-state index in [1.54, 1.807) is 0 Å². The summed E-state index contributed by atoms with van der Waals surface area (Å²) in [5.74, 6) is -0.170. The molecule has 0 aliphatic carbocycles. The second kappa shape index (κ2) is 8.29. The molecule has 2 rings (SSSR count). The van der Waals surface area contributed by atoms with Crippen molar-refractivity contribution in [3.8, 4) is 11.5 Å². The average molecular weight is 375 g/mol. The van der Waals surface area contributed by atoms with Crippen LogP contribution in [0, 0.1) is 0 Å². The summed E-state index contributed by atoms with van der Waals surface area (Å²) in [5.41, 5.74) is -0.131. The molecule has 0 aromatic heterocycles. The van der Waals surface area contributed by atoms with Crippen LogP contribution in [-0.2, 0) is 0 Å². The maximum absolute atomic E-state index is 12.1. The third-order valence-corrected chi connectivity index (χ3v) is 4.07. The number of hydrogen-bond donors (Lipinski definition) is 2. The fourth-order valence-corrected chi connectivity index (χ4v) is 2.56. The van der Waals surface area contributed by atoms with Gasteiger partial charge < -0.3 is 15.2 Å². The number of carbonyl (C=O) groups excluding carboxylic acids is 1. The van der Waals surface area contributed by atoms with Crippen LogP contribution in [0.4, 0.5) is 0 Å². The minimum absolute atomic E-state index is 0.0306. The molecule has 4 nitrogen and oxygen atoms in total. The standard InChI is InChI=1S/C16H14Cl3NO3/c17-11-9-12(18)15(21)13(14(11)19)16(22)20-7-4-8-23-10-5-2-1-3-6-10/h1-3,5-6,9,21H,4,7-8H2,(H,20,22). The third kappa shape index (κ3) is 4.67. The molecule has 0 atom stereocenters. The van der Waals surface area contributed by atoms with E-state index in [4.69, 9.17) is 39.5 Å². The molecule has 0 heterocycles. The molecule has 7 heteroatoms. The summed E-state index contributed by atoms with van der Waals surface area (Å²) >= 11 is 17.6. The van der Waals surface area contributed by atoms with Crippen molar-refractivity contribution in [1.29, 1.82) is 0 Å². The molecule has 0 aliphatic heterocycles. The normalized spacial score (nSPS) is 10.4. The highest BCUT2D eigenvalue weighted by Gasteiger charge is 2.20. The fourth-order valence-electron chi connectivity index (χ4n) is 1.86. The lowest BCUT2D eigenvalue weighted by Gasteiger charge is -2.11. The molecule has 122 valence electrons. The van der Waals surface area contributed by atoms with Gasteiger partial charge in [0.15, 0.2) is 0 Å². The molecule has 2 aromatic rings. The molecule has 0 spiro atoms. The Morgan fingerprint density at radius 3 is 2.52 bits per heavy atom. The van der Waals surface area contributed by atoms with Gasteiger partial charge in [0.1, 0.15) is 17.1 Å². The quantitative estimate of drug-likeness (QED) is 0.576. The molecule has 0 saturated heterocycles. The summed E-state index contributed by atoms with van der Waals surface area (Å²) in [5, 5.41) is 12.5. The summed E-state index contributed by atoms with van der Waals surface area (Å²) in [6.07, 6.45) is 0.591. The Hall–Kier alpha value is -1.62. The van der Waals surface area contributed by atoms with Gasteiger partial charge in [0.2, 0.25) is 0 Å². The lowest BCUT2D eigenvalue weighted by molar-refractivity contribution is 0.0949. The van der Waals surface area contributed by atoms with Gasteiger partial charge in [0, 0.05) is 6.54 Å². The van der Waals surface area contributed by atoms with Gasteiger partial charge >= 0.3 is 0 Å². The number of halogens is 3. The van der Waals surface area contributed by atoms with Gasteiger partial charge in [-0.2, -0.15) is 0 Å². The fraction of sp³-hybridized carbons (Fsp3) is 0.188. The topological polar surface area (TPSA) is 58.6 Å². The van der Waals surface area contributed by atoms with Crippen molar-refractivity contribution < 1.29 is 14.6 Å². The highest BCUT2D eigenvalue weighted by Crippen LogP contribution is 2.38. The predicted molar refractivity (Wildman–Crippen MR) is 92.0 cm³/mol. The maximum atomic E-state index is 12.1. The smallest absolute Gasteiger partial charge is 0.256 e. The Bertz CT molecular complexity index is 666. The van der Waals surface area contributed by atoms with Gasteiger partial charge in [-0.3, -0.25) is 4.79 Å². The van der Waals surface area contributed by atoms with Crippen LogP contribution in [0.5, 0.6) is 11.5 Å². The van der Waals surface area contributed by atoms with Crippen molar-refractivity contribution in [3.63, 3.8) is 0 Å². The number of benzene rings is 2. The van der Waals surface area contributed by atoms with E-state index >= 15 is 0 Å². The molecule has 2 aromatic carbocycles. The first-order valence-corrected chi connectivity index (χ1v) is 7.96. The first-order chi connectivity index (χ1) is 11.0. The zero-order chi connectivity index (χ0) is 16.8. The number of aromatic hydroxyl groups is 1. The van der Waals surface area contributed by atoms with Gasteiger partial charge in [-0.1, -0.05) is 53.0 Å². The number of phenols is 1. The Kier molecular flexibility index (Phi) is 6.39. The van der Waals surface area contributed by atoms with Crippen LogP contribution in [0.25, 0.3) is 0 Å². The second-order valence-electron chi connectivity index (χ2n) is 4.65. The van der Waals surface area contributed by atoms with Crippen LogP contribution in [0.1, 0.15) is 16.8 Å². The van der Waals surface area contributed by atoms with Gasteiger partial charge in [0.05, 0.1) is 21.7 Å². The monoisotopic (exact) mass is 373 g/mol. The molecular weight excluding hydrogens is 361 g/mol. The number of amides is 1. The van der Waals surface area contributed by atoms with Crippen LogP contribution >= 0.6 is 34.8 Å². The van der Waals surface area contributed by atoms with Crippen LogP contribution in [0.2, 0.25) is 15.1 Å². The largest absolute Gasteiger partial charge is 0.505 e. The van der Waals surface area contributed by atoms with Crippen molar-refractivity contribution in [2.24, 2.45) is 0 Å². The van der Waals surface area contributed by atoms with E-state index in [1.807, 2.05) is 30.3 Å². The predicted octanol–water partition coefficient (Wildman–Crippen LogP) is 4.55. The number of para-hydroxylation sites is 1. The average Bonchev–Trinajstić information content (AvgIpc) is 2.54. The Morgan fingerprint density at radius 1 is 1.13 bits per heavy atom. The van der Waals surface area contributed by atoms with Crippen molar-refractivity contribution >= 4 is 40.7 Å². The summed E-state index contributed by atoms with van der Waals surface area (Å²) in [6.45, 7) is 0.797. The van der Waals surface area contributed by atoms with E-state index in [2.05, 4.69) is 5.32 Å². The van der Waals surface area contributed by atoms with Crippen molar-refractivity contribution in [2.45, 2.75) is 6.42 Å². The first-order valence-electron chi connectivity index (χ1n) is 6.83. The third-order valence-electron chi connectivity index (χ3n) is 2.99. The number of rotatable bonds is 6. The molecule has 0 unspecified atom stereocenters. The maximum Gasteiger partial charge on any atom is 0.256 e. The molecule has 1 amide bonds. The SMILES string of the molecule is O=C(NCCCOc1ccccc1)c1c(O)c(Cl)cc(Cl)c1Cl. The first kappa shape index (κ1) is 17.7. The zero-order valence-corrected chi connectivity index (χ0v) is 14.3. The summed E-state index contributed by atoms with van der Waals surface area (Å²) in [7, 11) is 0. The molecule has 2 N–H and O–H groups in total. The number of phenolic OH excluding ortho intramolecular Hbond substituents is 1. The van der Waals surface area contributed by atoms with Crippen LogP contribution in [0.15, 0.2) is 36.4 Å². The Morgan fingerprint density at radius 2 is 1.83 bits per heavy atom. The molecule has 0 bridgehead atoms. The molecule has 0 saturated carbocycles. The van der Waals surface area contributed by atoms with Gasteiger partial charge in [-0.15, -0.1) is 0 Å². The number of hydrogen-bond acceptors (Lipinski definition) is 3. The van der Waals surface area contributed by atoms with Crippen LogP contribution < -0.4 is 10.1 Å². The lowest BCUT2D eigenvalue weighted by Crippen LogP contribution is -2.26. The minimum atomic E-state index is -0.545. The zero-order valence-electron chi connectivity index (χ0n) is 12.0. The van der Waals surface area contributed by atoms with Crippen molar-refractivity contribution in [3.05, 3.63) is 57.0 Å². The van der Waals surface area contributed by atoms with Crippen molar-refractivity contribution in [2.75, 3.05) is 13.2 Å². The van der Waals surface area contributed by atoms with E-state index in [9.17, 15) is 9.90 Å². The van der Waals surface area contributed by atoms with E-state index in [1.165, 1.54) is 6.07 Å². The molecule has 0 fully saturated rings. The summed E-state index contributed by atoms with van der Waals surface area (Å²) < 4.78 is 5.51. The number of carbonyl (C=O) groups is 1. The number of ether oxygens (including phenoxy) is 1. The summed E-state index contributed by atoms with van der Waals surface area (Å²) in [4.78, 5) is 12.1. The lowest BCUT2D eigenvalue weighted by atomic mass is 10.2. The number of nitrogens with one attached hydrogen (secondary N) is 1. The molecular formula is C16H14Cl3NO3.